The second-order valence-corrected chi connectivity index (χ2v) is 4.74. The van der Waals surface area contributed by atoms with Crippen LogP contribution in [0.15, 0.2) is 24.3 Å². The lowest BCUT2D eigenvalue weighted by Crippen LogP contribution is -2.13. The molecule has 0 saturated heterocycles. The first-order valence-corrected chi connectivity index (χ1v) is 6.95. The summed E-state index contributed by atoms with van der Waals surface area (Å²) in [6.45, 7) is 2.59. The van der Waals surface area contributed by atoms with Crippen molar-refractivity contribution >= 4 is 6.29 Å². The van der Waals surface area contributed by atoms with Gasteiger partial charge < -0.3 is 9.53 Å². The molecule has 0 fully saturated rings. The molecule has 1 unspecified atom stereocenters. The Morgan fingerprint density at radius 1 is 1.30 bits per heavy atom. The molecule has 20 heavy (non-hydrogen) atoms. The van der Waals surface area contributed by atoms with Crippen molar-refractivity contribution in [3.8, 4) is 5.75 Å². The molecular weight excluding hydrogens is 258 g/mol. The van der Waals surface area contributed by atoms with Crippen LogP contribution in [0.25, 0.3) is 0 Å². The summed E-state index contributed by atoms with van der Waals surface area (Å²) >= 11 is 0. The quantitative estimate of drug-likeness (QED) is 0.285. The summed E-state index contributed by atoms with van der Waals surface area (Å²) in [6.07, 6.45) is 4.20. The molecule has 0 heterocycles. The molecule has 1 rings (SSSR count). The van der Waals surface area contributed by atoms with E-state index in [1.165, 1.54) is 0 Å². The van der Waals surface area contributed by atoms with Crippen LogP contribution in [0.5, 0.6) is 5.75 Å². The van der Waals surface area contributed by atoms with Crippen LogP contribution in [0.1, 0.15) is 44.1 Å². The van der Waals surface area contributed by atoms with E-state index in [0.717, 1.165) is 36.9 Å². The third-order valence-electron chi connectivity index (χ3n) is 3.12. The van der Waals surface area contributed by atoms with Gasteiger partial charge in [0.05, 0.1) is 12.5 Å². The Bertz CT molecular complexity index is 416. The maximum Gasteiger partial charge on any atom is 0.211 e. The Kier molecular flexibility index (Phi) is 7.32. The molecule has 0 radical (unpaired) electrons. The van der Waals surface area contributed by atoms with Crippen LogP contribution in [-0.4, -0.2) is 24.4 Å². The predicted octanol–water partition coefficient (Wildman–Crippen LogP) is 3.20. The normalized spacial score (nSPS) is 11.8. The Labute approximate surface area is 119 Å². The molecule has 0 saturated carbocycles. The molecule has 0 N–H and O–H groups in total. The van der Waals surface area contributed by atoms with Gasteiger partial charge in [0, 0.05) is 11.3 Å². The van der Waals surface area contributed by atoms with E-state index in [4.69, 9.17) is 4.74 Å². The van der Waals surface area contributed by atoms with Crippen LogP contribution < -0.4 is 4.74 Å². The van der Waals surface area contributed by atoms with E-state index in [-0.39, 0.29) is 23.8 Å². The number of nitro groups is 1. The van der Waals surface area contributed by atoms with E-state index < -0.39 is 0 Å². The lowest BCUT2D eigenvalue weighted by atomic mass is 9.96. The van der Waals surface area contributed by atoms with E-state index in [0.29, 0.717) is 6.61 Å². The number of benzene rings is 1. The number of unbranched alkanes of at least 4 members (excludes halogenated alkanes) is 2. The van der Waals surface area contributed by atoms with E-state index >= 15 is 0 Å². The Morgan fingerprint density at radius 2 is 2.00 bits per heavy atom. The number of aldehydes is 1. The van der Waals surface area contributed by atoms with Crippen molar-refractivity contribution < 1.29 is 14.5 Å². The monoisotopic (exact) mass is 279 g/mol. The molecular formula is C15H21NO4. The highest BCUT2D eigenvalue weighted by molar-refractivity contribution is 5.51. The number of hydrogen-bond donors (Lipinski definition) is 0. The van der Waals surface area contributed by atoms with Gasteiger partial charge in [-0.2, -0.15) is 0 Å². The largest absolute Gasteiger partial charge is 0.494 e. The zero-order valence-corrected chi connectivity index (χ0v) is 11.8. The maximum absolute atomic E-state index is 10.6. The predicted molar refractivity (Wildman–Crippen MR) is 76.7 cm³/mol. The SMILES string of the molecule is CCCCCOc1ccc(C(CC=O)C[N+](=O)[O-])cc1. The van der Waals surface area contributed by atoms with Crippen LogP contribution in [0.4, 0.5) is 0 Å². The molecule has 0 spiro atoms. The highest BCUT2D eigenvalue weighted by Crippen LogP contribution is 2.22. The topological polar surface area (TPSA) is 69.4 Å². The summed E-state index contributed by atoms with van der Waals surface area (Å²) in [6, 6.07) is 7.21. The summed E-state index contributed by atoms with van der Waals surface area (Å²) in [5.74, 6) is 0.396. The standard InChI is InChI=1S/C15H21NO4/c1-2-3-4-11-20-15-7-5-13(6-8-15)14(9-10-17)12-16(18)19/h5-8,10,14H,2-4,9,11-12H2,1H3. The molecule has 1 aromatic carbocycles. The number of nitrogens with zero attached hydrogens (tertiary/aromatic N) is 1. The fraction of sp³-hybridized carbons (Fsp3) is 0.533. The first kappa shape index (κ1) is 16.1. The smallest absolute Gasteiger partial charge is 0.211 e. The highest BCUT2D eigenvalue weighted by Gasteiger charge is 2.17. The molecule has 5 nitrogen and oxygen atoms in total. The molecule has 1 atom stereocenters. The number of ether oxygens (including phenoxy) is 1. The van der Waals surface area contributed by atoms with Crippen molar-refractivity contribution in [2.45, 2.75) is 38.5 Å². The zero-order valence-electron chi connectivity index (χ0n) is 11.8. The van der Waals surface area contributed by atoms with Gasteiger partial charge in [0.1, 0.15) is 12.0 Å². The van der Waals surface area contributed by atoms with E-state index in [9.17, 15) is 14.9 Å². The first-order chi connectivity index (χ1) is 9.67. The van der Waals surface area contributed by atoms with Gasteiger partial charge in [-0.05, 0) is 24.1 Å². The van der Waals surface area contributed by atoms with E-state index in [1.807, 2.05) is 0 Å². The van der Waals surface area contributed by atoms with Gasteiger partial charge in [-0.25, -0.2) is 0 Å². The second-order valence-electron chi connectivity index (χ2n) is 4.74. The summed E-state index contributed by atoms with van der Waals surface area (Å²) < 4.78 is 5.58. The van der Waals surface area contributed by atoms with Crippen molar-refractivity contribution in [2.24, 2.45) is 0 Å². The van der Waals surface area contributed by atoms with Gasteiger partial charge in [0.25, 0.3) is 0 Å². The van der Waals surface area contributed by atoms with Gasteiger partial charge in [-0.1, -0.05) is 31.9 Å². The van der Waals surface area contributed by atoms with Crippen molar-refractivity contribution in [1.29, 1.82) is 0 Å². The maximum atomic E-state index is 10.6. The molecule has 110 valence electrons. The average molecular weight is 279 g/mol. The van der Waals surface area contributed by atoms with Crippen LogP contribution in [0, 0.1) is 10.1 Å². The Morgan fingerprint density at radius 3 is 2.55 bits per heavy atom. The molecule has 0 aromatic heterocycles. The van der Waals surface area contributed by atoms with Crippen molar-refractivity contribution in [3.63, 3.8) is 0 Å². The highest BCUT2D eigenvalue weighted by atomic mass is 16.6. The third kappa shape index (κ3) is 5.82. The van der Waals surface area contributed by atoms with Crippen LogP contribution in [0.2, 0.25) is 0 Å². The second kappa shape index (κ2) is 9.07. The van der Waals surface area contributed by atoms with E-state index in [1.54, 1.807) is 24.3 Å². The third-order valence-corrected chi connectivity index (χ3v) is 3.12. The number of carbonyl (C=O) groups is 1. The minimum Gasteiger partial charge on any atom is -0.494 e. The molecule has 0 aliphatic heterocycles. The fourth-order valence-electron chi connectivity index (χ4n) is 1.99. The lowest BCUT2D eigenvalue weighted by molar-refractivity contribution is -0.483. The molecule has 0 bridgehead atoms. The fourth-order valence-corrected chi connectivity index (χ4v) is 1.99. The summed E-state index contributed by atoms with van der Waals surface area (Å²) in [4.78, 5) is 20.8. The molecule has 0 aliphatic carbocycles. The molecule has 0 amide bonds. The van der Waals surface area contributed by atoms with Gasteiger partial charge in [-0.15, -0.1) is 0 Å². The summed E-state index contributed by atoms with van der Waals surface area (Å²) in [5.41, 5.74) is 0.801. The summed E-state index contributed by atoms with van der Waals surface area (Å²) in [7, 11) is 0. The Hall–Kier alpha value is -1.91. The number of carbonyl (C=O) groups excluding carboxylic acids is 1. The lowest BCUT2D eigenvalue weighted by Gasteiger charge is -2.11. The number of hydrogen-bond acceptors (Lipinski definition) is 4. The first-order valence-electron chi connectivity index (χ1n) is 6.95. The van der Waals surface area contributed by atoms with Crippen molar-refractivity contribution in [3.05, 3.63) is 39.9 Å². The van der Waals surface area contributed by atoms with Gasteiger partial charge >= 0.3 is 0 Å². The molecule has 1 aromatic rings. The number of rotatable bonds is 10. The molecule has 0 aliphatic rings. The minimum atomic E-state index is -0.386. The average Bonchev–Trinajstić information content (AvgIpc) is 2.43. The Balaban J connectivity index is 2.58. The van der Waals surface area contributed by atoms with Crippen LogP contribution in [0.3, 0.4) is 0 Å². The zero-order chi connectivity index (χ0) is 14.8. The van der Waals surface area contributed by atoms with Crippen molar-refractivity contribution in [2.75, 3.05) is 13.2 Å². The summed E-state index contributed by atoms with van der Waals surface area (Å²) in [5, 5.41) is 10.6. The van der Waals surface area contributed by atoms with Gasteiger partial charge in [0.15, 0.2) is 0 Å². The van der Waals surface area contributed by atoms with Gasteiger partial charge in [0.2, 0.25) is 6.54 Å². The van der Waals surface area contributed by atoms with Gasteiger partial charge in [-0.3, -0.25) is 10.1 Å². The van der Waals surface area contributed by atoms with Crippen LogP contribution >= 0.6 is 0 Å². The minimum absolute atomic E-state index is 0.164. The van der Waals surface area contributed by atoms with Crippen LogP contribution in [-0.2, 0) is 4.79 Å². The molecule has 5 heteroatoms. The van der Waals surface area contributed by atoms with Crippen molar-refractivity contribution in [1.82, 2.24) is 0 Å². The van der Waals surface area contributed by atoms with E-state index in [2.05, 4.69) is 6.92 Å².